The van der Waals surface area contributed by atoms with Gasteiger partial charge in [0.25, 0.3) is 0 Å². The van der Waals surface area contributed by atoms with Crippen molar-refractivity contribution in [1.29, 1.82) is 0 Å². The molecule has 0 aromatic rings. The largest absolute Gasteiger partial charge is 0.313 e. The molecule has 1 nitrogen and oxygen atoms in total. The van der Waals surface area contributed by atoms with Crippen molar-refractivity contribution in [1.82, 2.24) is 5.32 Å². The molecule has 2 bridgehead atoms. The summed E-state index contributed by atoms with van der Waals surface area (Å²) in [6.45, 7) is 8.80. The summed E-state index contributed by atoms with van der Waals surface area (Å²) in [4.78, 5) is 0. The number of rotatable bonds is 4. The Balaban J connectivity index is 1.57. The van der Waals surface area contributed by atoms with Crippen molar-refractivity contribution >= 4 is 0 Å². The standard InChI is InChI=1S/C16H29N/c1-15(2)13-7-9-16(3,11-13)14(15)17-10-8-12-5-4-6-12/h12-14,17H,4-11H2,1-3H3/t13-,14?,16+/m0/s1. The topological polar surface area (TPSA) is 12.0 Å². The maximum atomic E-state index is 3.94. The van der Waals surface area contributed by atoms with Crippen molar-refractivity contribution in [2.75, 3.05) is 6.54 Å². The summed E-state index contributed by atoms with van der Waals surface area (Å²) >= 11 is 0. The number of hydrogen-bond acceptors (Lipinski definition) is 1. The lowest BCUT2D eigenvalue weighted by Gasteiger charge is -2.43. The minimum Gasteiger partial charge on any atom is -0.313 e. The maximum Gasteiger partial charge on any atom is 0.0175 e. The van der Waals surface area contributed by atoms with E-state index in [1.165, 1.54) is 51.5 Å². The minimum atomic E-state index is 0.534. The Labute approximate surface area is 107 Å². The average molecular weight is 235 g/mol. The van der Waals surface area contributed by atoms with Crippen molar-refractivity contribution < 1.29 is 0 Å². The van der Waals surface area contributed by atoms with Crippen molar-refractivity contribution in [2.24, 2.45) is 22.7 Å². The second-order valence-corrected chi connectivity index (χ2v) is 7.89. The number of nitrogens with one attached hydrogen (secondary N) is 1. The Bertz CT molecular complexity index is 287. The zero-order chi connectivity index (χ0) is 12.1. The van der Waals surface area contributed by atoms with E-state index in [0.29, 0.717) is 10.8 Å². The molecular formula is C16H29N. The molecule has 17 heavy (non-hydrogen) atoms. The minimum absolute atomic E-state index is 0.534. The van der Waals surface area contributed by atoms with Gasteiger partial charge in [0.15, 0.2) is 0 Å². The molecule has 0 amide bonds. The Kier molecular flexibility index (Phi) is 2.81. The van der Waals surface area contributed by atoms with Crippen LogP contribution in [0.4, 0.5) is 0 Å². The molecule has 3 rings (SSSR count). The van der Waals surface area contributed by atoms with Gasteiger partial charge >= 0.3 is 0 Å². The van der Waals surface area contributed by atoms with Gasteiger partial charge in [0.05, 0.1) is 0 Å². The first-order chi connectivity index (χ1) is 8.02. The SMILES string of the molecule is CC1(C)C(NCCC2CCC2)[C@]2(C)CC[C@H]1C2. The summed E-state index contributed by atoms with van der Waals surface area (Å²) in [5.74, 6) is 2.03. The van der Waals surface area contributed by atoms with E-state index in [-0.39, 0.29) is 0 Å². The predicted molar refractivity (Wildman–Crippen MR) is 73.0 cm³/mol. The monoisotopic (exact) mass is 235 g/mol. The predicted octanol–water partition coefficient (Wildman–Crippen LogP) is 3.98. The van der Waals surface area contributed by atoms with Crippen LogP contribution in [0.15, 0.2) is 0 Å². The fourth-order valence-electron chi connectivity index (χ4n) is 5.02. The van der Waals surface area contributed by atoms with Crippen LogP contribution in [0.2, 0.25) is 0 Å². The highest BCUT2D eigenvalue weighted by Gasteiger charge is 2.58. The van der Waals surface area contributed by atoms with Crippen LogP contribution in [0.25, 0.3) is 0 Å². The second-order valence-electron chi connectivity index (χ2n) is 7.89. The van der Waals surface area contributed by atoms with Crippen LogP contribution in [0, 0.1) is 22.7 Å². The molecule has 3 fully saturated rings. The Morgan fingerprint density at radius 3 is 2.41 bits per heavy atom. The molecule has 1 N–H and O–H groups in total. The Morgan fingerprint density at radius 1 is 1.12 bits per heavy atom. The van der Waals surface area contributed by atoms with E-state index in [1.807, 2.05) is 0 Å². The van der Waals surface area contributed by atoms with Gasteiger partial charge in [-0.25, -0.2) is 0 Å². The lowest BCUT2D eigenvalue weighted by Crippen LogP contribution is -2.50. The van der Waals surface area contributed by atoms with Crippen LogP contribution >= 0.6 is 0 Å². The van der Waals surface area contributed by atoms with Gasteiger partial charge in [0, 0.05) is 6.04 Å². The summed E-state index contributed by atoms with van der Waals surface area (Å²) in [6.07, 6.45) is 10.3. The summed E-state index contributed by atoms with van der Waals surface area (Å²) in [6, 6.07) is 0.772. The first kappa shape index (κ1) is 12.0. The third kappa shape index (κ3) is 1.85. The van der Waals surface area contributed by atoms with Crippen molar-refractivity contribution in [2.45, 2.75) is 71.8 Å². The van der Waals surface area contributed by atoms with E-state index in [2.05, 4.69) is 26.1 Å². The van der Waals surface area contributed by atoms with Crippen molar-refractivity contribution in [3.63, 3.8) is 0 Å². The Hall–Kier alpha value is -0.0400. The van der Waals surface area contributed by atoms with Crippen LogP contribution in [-0.2, 0) is 0 Å². The van der Waals surface area contributed by atoms with Gasteiger partial charge in [-0.15, -0.1) is 0 Å². The van der Waals surface area contributed by atoms with Gasteiger partial charge in [-0.05, 0) is 54.9 Å². The molecule has 3 aliphatic carbocycles. The molecule has 3 atom stereocenters. The van der Waals surface area contributed by atoms with Gasteiger partial charge in [-0.2, -0.15) is 0 Å². The molecule has 98 valence electrons. The van der Waals surface area contributed by atoms with E-state index in [1.54, 1.807) is 0 Å². The average Bonchev–Trinajstić information content (AvgIpc) is 2.65. The van der Waals surface area contributed by atoms with Crippen LogP contribution in [0.5, 0.6) is 0 Å². The van der Waals surface area contributed by atoms with Gasteiger partial charge in [0.1, 0.15) is 0 Å². The fraction of sp³-hybridized carbons (Fsp3) is 1.00. The molecule has 3 saturated carbocycles. The van der Waals surface area contributed by atoms with E-state index < -0.39 is 0 Å². The first-order valence-corrected chi connectivity index (χ1v) is 7.76. The normalized spacial score (nSPS) is 43.9. The van der Waals surface area contributed by atoms with E-state index in [9.17, 15) is 0 Å². The van der Waals surface area contributed by atoms with Gasteiger partial charge in [0.2, 0.25) is 0 Å². The summed E-state index contributed by atoms with van der Waals surface area (Å²) in [7, 11) is 0. The zero-order valence-corrected chi connectivity index (χ0v) is 11.9. The van der Waals surface area contributed by atoms with Crippen molar-refractivity contribution in [3.8, 4) is 0 Å². The third-order valence-electron chi connectivity index (χ3n) is 6.40. The molecule has 0 radical (unpaired) electrons. The highest BCUT2D eigenvalue weighted by atomic mass is 15.0. The highest BCUT2D eigenvalue weighted by molar-refractivity contribution is 5.11. The van der Waals surface area contributed by atoms with Crippen molar-refractivity contribution in [3.05, 3.63) is 0 Å². The molecule has 0 heterocycles. The smallest absolute Gasteiger partial charge is 0.0175 e. The summed E-state index contributed by atoms with van der Waals surface area (Å²) in [5, 5.41) is 3.94. The molecule has 3 aliphatic rings. The van der Waals surface area contributed by atoms with E-state index >= 15 is 0 Å². The Morgan fingerprint density at radius 2 is 1.88 bits per heavy atom. The van der Waals surface area contributed by atoms with E-state index in [4.69, 9.17) is 0 Å². The lowest BCUT2D eigenvalue weighted by molar-refractivity contribution is 0.106. The maximum absolute atomic E-state index is 3.94. The molecular weight excluding hydrogens is 206 g/mol. The summed E-state index contributed by atoms with van der Waals surface area (Å²) < 4.78 is 0. The summed E-state index contributed by atoms with van der Waals surface area (Å²) in [5.41, 5.74) is 1.14. The quantitative estimate of drug-likeness (QED) is 0.777. The fourth-order valence-corrected chi connectivity index (χ4v) is 5.02. The van der Waals surface area contributed by atoms with Crippen LogP contribution in [0.1, 0.15) is 65.7 Å². The highest BCUT2D eigenvalue weighted by Crippen LogP contribution is 2.62. The van der Waals surface area contributed by atoms with Crippen LogP contribution < -0.4 is 5.32 Å². The lowest BCUT2D eigenvalue weighted by atomic mass is 9.68. The number of hydrogen-bond donors (Lipinski definition) is 1. The van der Waals surface area contributed by atoms with Gasteiger partial charge in [-0.1, -0.05) is 40.0 Å². The second kappa shape index (κ2) is 3.98. The molecule has 1 heteroatoms. The molecule has 0 saturated heterocycles. The van der Waals surface area contributed by atoms with Gasteiger partial charge in [-0.3, -0.25) is 0 Å². The molecule has 0 spiro atoms. The van der Waals surface area contributed by atoms with Crippen LogP contribution in [-0.4, -0.2) is 12.6 Å². The van der Waals surface area contributed by atoms with Gasteiger partial charge < -0.3 is 5.32 Å². The van der Waals surface area contributed by atoms with E-state index in [0.717, 1.165) is 17.9 Å². The number of fused-ring (bicyclic) bond motifs is 2. The third-order valence-corrected chi connectivity index (χ3v) is 6.40. The molecule has 0 aromatic heterocycles. The first-order valence-electron chi connectivity index (χ1n) is 7.76. The zero-order valence-electron chi connectivity index (χ0n) is 11.9. The molecule has 0 aliphatic heterocycles. The molecule has 0 aromatic carbocycles. The van der Waals surface area contributed by atoms with Crippen LogP contribution in [0.3, 0.4) is 0 Å². The molecule has 1 unspecified atom stereocenters.